The lowest BCUT2D eigenvalue weighted by molar-refractivity contribution is 0.397. The summed E-state index contributed by atoms with van der Waals surface area (Å²) in [6.07, 6.45) is 2.91. The van der Waals surface area contributed by atoms with Crippen molar-refractivity contribution in [1.29, 1.82) is 0 Å². The summed E-state index contributed by atoms with van der Waals surface area (Å²) in [6, 6.07) is 6.57. The van der Waals surface area contributed by atoms with Gasteiger partial charge in [0.25, 0.3) is 0 Å². The first-order chi connectivity index (χ1) is 8.78. The highest BCUT2D eigenvalue weighted by Gasteiger charge is 2.04. The largest absolute Gasteiger partial charge is 0.481 e. The number of nitrogens with one attached hydrogen (secondary N) is 1. The molecular weight excluding hydrogens is 244 g/mol. The Morgan fingerprint density at radius 2 is 2.22 bits per heavy atom. The molecule has 18 heavy (non-hydrogen) atoms. The van der Waals surface area contributed by atoms with Crippen molar-refractivity contribution in [1.82, 2.24) is 10.3 Å². The van der Waals surface area contributed by atoms with E-state index in [0.717, 1.165) is 13.0 Å². The van der Waals surface area contributed by atoms with Crippen molar-refractivity contribution in [3.8, 4) is 5.88 Å². The number of hydrogen-bond acceptors (Lipinski definition) is 4. The van der Waals surface area contributed by atoms with Gasteiger partial charge in [0.05, 0.1) is 7.11 Å². The Morgan fingerprint density at radius 3 is 2.83 bits per heavy atom. The van der Waals surface area contributed by atoms with Crippen molar-refractivity contribution in [3.05, 3.63) is 46.3 Å². The Kier molecular flexibility index (Phi) is 4.73. The molecular formula is C14H18N2OS. The summed E-state index contributed by atoms with van der Waals surface area (Å²) in [5.74, 6) is 0.657. The zero-order valence-corrected chi connectivity index (χ0v) is 11.5. The number of rotatable bonds is 6. The van der Waals surface area contributed by atoms with E-state index in [2.05, 4.69) is 34.1 Å². The van der Waals surface area contributed by atoms with Gasteiger partial charge in [0.1, 0.15) is 0 Å². The van der Waals surface area contributed by atoms with Crippen LogP contribution in [0.25, 0.3) is 0 Å². The number of aromatic nitrogens is 1. The van der Waals surface area contributed by atoms with Gasteiger partial charge < -0.3 is 10.1 Å². The first-order valence-corrected chi connectivity index (χ1v) is 6.95. The van der Waals surface area contributed by atoms with Gasteiger partial charge in [0.2, 0.25) is 5.88 Å². The lowest BCUT2D eigenvalue weighted by Crippen LogP contribution is -2.27. The predicted molar refractivity (Wildman–Crippen MR) is 75.1 cm³/mol. The van der Waals surface area contributed by atoms with Crippen LogP contribution >= 0.6 is 11.3 Å². The molecule has 0 radical (unpaired) electrons. The number of hydrogen-bond donors (Lipinski definition) is 1. The topological polar surface area (TPSA) is 34.1 Å². The fourth-order valence-corrected chi connectivity index (χ4v) is 2.44. The van der Waals surface area contributed by atoms with Crippen LogP contribution in [-0.4, -0.2) is 18.1 Å². The molecule has 0 saturated carbocycles. The van der Waals surface area contributed by atoms with Crippen molar-refractivity contribution in [2.24, 2.45) is 0 Å². The molecule has 0 aromatic carbocycles. The molecule has 2 rings (SSSR count). The number of thiophene rings is 1. The van der Waals surface area contributed by atoms with E-state index in [4.69, 9.17) is 4.74 Å². The summed E-state index contributed by atoms with van der Waals surface area (Å²) in [4.78, 5) is 4.19. The molecule has 1 atom stereocenters. The molecule has 3 nitrogen and oxygen atoms in total. The summed E-state index contributed by atoms with van der Waals surface area (Å²) < 4.78 is 5.03. The first-order valence-electron chi connectivity index (χ1n) is 6.01. The zero-order chi connectivity index (χ0) is 12.8. The number of nitrogens with zero attached hydrogens (tertiary/aromatic N) is 1. The highest BCUT2D eigenvalue weighted by Crippen LogP contribution is 2.10. The van der Waals surface area contributed by atoms with Crippen LogP contribution in [0.3, 0.4) is 0 Å². The second-order valence-electron chi connectivity index (χ2n) is 4.33. The number of pyridine rings is 1. The highest BCUT2D eigenvalue weighted by molar-refractivity contribution is 7.07. The minimum atomic E-state index is 0.460. The lowest BCUT2D eigenvalue weighted by Gasteiger charge is -2.13. The average Bonchev–Trinajstić information content (AvgIpc) is 2.90. The standard InChI is InChI=1S/C14H18N2OS/c1-11(7-12-5-6-18-10-12)15-8-13-3-4-14(17-2)16-9-13/h3-6,9-11,15H,7-8H2,1-2H3/t11-/m1/s1. The molecule has 2 aromatic heterocycles. The fraction of sp³-hybridized carbons (Fsp3) is 0.357. The number of ether oxygens (including phenoxy) is 1. The fourth-order valence-electron chi connectivity index (χ4n) is 1.76. The maximum atomic E-state index is 5.03. The van der Waals surface area contributed by atoms with Gasteiger partial charge >= 0.3 is 0 Å². The van der Waals surface area contributed by atoms with E-state index in [1.54, 1.807) is 18.4 Å². The third kappa shape index (κ3) is 3.82. The summed E-state index contributed by atoms with van der Waals surface area (Å²) in [5, 5.41) is 7.82. The van der Waals surface area contributed by atoms with Crippen LogP contribution in [-0.2, 0) is 13.0 Å². The molecule has 2 aromatic rings. The van der Waals surface area contributed by atoms with Gasteiger partial charge in [-0.05, 0) is 41.3 Å². The van der Waals surface area contributed by atoms with E-state index < -0.39 is 0 Å². The van der Waals surface area contributed by atoms with E-state index in [9.17, 15) is 0 Å². The van der Waals surface area contributed by atoms with Gasteiger partial charge in [-0.25, -0.2) is 4.98 Å². The maximum absolute atomic E-state index is 5.03. The molecule has 0 aliphatic heterocycles. The molecule has 1 N–H and O–H groups in total. The van der Waals surface area contributed by atoms with Crippen LogP contribution in [0.15, 0.2) is 35.2 Å². The Morgan fingerprint density at radius 1 is 1.33 bits per heavy atom. The molecule has 0 aliphatic rings. The molecule has 4 heteroatoms. The van der Waals surface area contributed by atoms with Gasteiger partial charge in [0.15, 0.2) is 0 Å². The van der Waals surface area contributed by atoms with E-state index in [0.29, 0.717) is 11.9 Å². The van der Waals surface area contributed by atoms with Gasteiger partial charge in [-0.15, -0.1) is 0 Å². The predicted octanol–water partition coefficient (Wildman–Crippen LogP) is 2.87. The van der Waals surface area contributed by atoms with Crippen molar-refractivity contribution in [3.63, 3.8) is 0 Å². The molecule has 0 unspecified atom stereocenters. The molecule has 0 amide bonds. The number of methoxy groups -OCH3 is 1. The Labute approximate surface area is 112 Å². The summed E-state index contributed by atoms with van der Waals surface area (Å²) in [7, 11) is 1.63. The molecule has 0 saturated heterocycles. The van der Waals surface area contributed by atoms with E-state index >= 15 is 0 Å². The average molecular weight is 262 g/mol. The van der Waals surface area contributed by atoms with Crippen molar-refractivity contribution in [2.45, 2.75) is 25.9 Å². The SMILES string of the molecule is COc1ccc(CN[C@H](C)Cc2ccsc2)cn1. The van der Waals surface area contributed by atoms with E-state index in [1.807, 2.05) is 18.3 Å². The van der Waals surface area contributed by atoms with Crippen molar-refractivity contribution >= 4 is 11.3 Å². The van der Waals surface area contributed by atoms with Crippen molar-refractivity contribution in [2.75, 3.05) is 7.11 Å². The van der Waals surface area contributed by atoms with Crippen LogP contribution in [0.5, 0.6) is 5.88 Å². The van der Waals surface area contributed by atoms with Gasteiger partial charge in [0, 0.05) is 24.8 Å². The minimum absolute atomic E-state index is 0.460. The second-order valence-corrected chi connectivity index (χ2v) is 5.11. The van der Waals surface area contributed by atoms with Gasteiger partial charge in [-0.2, -0.15) is 11.3 Å². The summed E-state index contributed by atoms with van der Waals surface area (Å²) in [5.41, 5.74) is 2.57. The molecule has 0 aliphatic carbocycles. The van der Waals surface area contributed by atoms with Gasteiger partial charge in [-0.3, -0.25) is 0 Å². The molecule has 0 bridgehead atoms. The first kappa shape index (κ1) is 13.1. The molecule has 96 valence electrons. The monoisotopic (exact) mass is 262 g/mol. The van der Waals surface area contributed by atoms with E-state index in [-0.39, 0.29) is 0 Å². The second kappa shape index (κ2) is 6.52. The normalized spacial score (nSPS) is 12.3. The Balaban J connectivity index is 1.79. The quantitative estimate of drug-likeness (QED) is 0.869. The van der Waals surface area contributed by atoms with Crippen LogP contribution in [0.2, 0.25) is 0 Å². The Hall–Kier alpha value is -1.39. The molecule has 2 heterocycles. The molecule has 0 fully saturated rings. The van der Waals surface area contributed by atoms with Crippen LogP contribution < -0.4 is 10.1 Å². The highest BCUT2D eigenvalue weighted by atomic mass is 32.1. The van der Waals surface area contributed by atoms with Crippen molar-refractivity contribution < 1.29 is 4.74 Å². The smallest absolute Gasteiger partial charge is 0.212 e. The van der Waals surface area contributed by atoms with E-state index in [1.165, 1.54) is 11.1 Å². The van der Waals surface area contributed by atoms with Crippen LogP contribution in [0, 0.1) is 0 Å². The minimum Gasteiger partial charge on any atom is -0.481 e. The summed E-state index contributed by atoms with van der Waals surface area (Å²) in [6.45, 7) is 3.04. The van der Waals surface area contributed by atoms with Gasteiger partial charge in [-0.1, -0.05) is 6.07 Å². The molecule has 0 spiro atoms. The van der Waals surface area contributed by atoms with Crippen LogP contribution in [0.1, 0.15) is 18.1 Å². The third-order valence-electron chi connectivity index (χ3n) is 2.78. The third-order valence-corrected chi connectivity index (χ3v) is 3.52. The van der Waals surface area contributed by atoms with Crippen LogP contribution in [0.4, 0.5) is 0 Å². The summed E-state index contributed by atoms with van der Waals surface area (Å²) >= 11 is 1.75. The lowest BCUT2D eigenvalue weighted by atomic mass is 10.1. The maximum Gasteiger partial charge on any atom is 0.212 e. The Bertz CT molecular complexity index is 453. The zero-order valence-electron chi connectivity index (χ0n) is 10.7.